The third kappa shape index (κ3) is 5.34. The molecule has 0 aromatic heterocycles. The highest BCUT2D eigenvalue weighted by atomic mass is 16.6. The summed E-state index contributed by atoms with van der Waals surface area (Å²) in [5.41, 5.74) is 6.57. The fourth-order valence-electron chi connectivity index (χ4n) is 6.18. The van der Waals surface area contributed by atoms with Crippen LogP contribution in [-0.2, 0) is 21.4 Å². The van der Waals surface area contributed by atoms with E-state index in [1.165, 1.54) is 35.1 Å². The van der Waals surface area contributed by atoms with Crippen LogP contribution in [0.25, 0.3) is 0 Å². The molecule has 36 heavy (non-hydrogen) atoms. The molecule has 1 saturated heterocycles. The molecule has 0 amide bonds. The number of benzene rings is 2. The second-order valence-corrected chi connectivity index (χ2v) is 11.1. The van der Waals surface area contributed by atoms with Gasteiger partial charge < -0.3 is 14.6 Å². The van der Waals surface area contributed by atoms with Crippen molar-refractivity contribution in [3.8, 4) is 5.75 Å². The van der Waals surface area contributed by atoms with E-state index in [-0.39, 0.29) is 29.0 Å². The summed E-state index contributed by atoms with van der Waals surface area (Å²) in [7, 11) is 0. The Hall–Kier alpha value is -2.33. The maximum Gasteiger partial charge on any atom is 0.306 e. The molecule has 0 bridgehead atoms. The molecule has 4 nitrogen and oxygen atoms in total. The van der Waals surface area contributed by atoms with Crippen molar-refractivity contribution in [1.29, 1.82) is 0 Å². The number of cyclic esters (lactones) is 1. The number of aliphatic hydroxyl groups excluding tert-OH is 1. The zero-order valence-corrected chi connectivity index (χ0v) is 22.9. The summed E-state index contributed by atoms with van der Waals surface area (Å²) in [6.45, 7) is 11.5. The van der Waals surface area contributed by atoms with Gasteiger partial charge in [0.1, 0.15) is 18.5 Å². The van der Waals surface area contributed by atoms with Crippen LogP contribution in [0.15, 0.2) is 36.4 Å². The number of hydrogen-bond acceptors (Lipinski definition) is 4. The lowest BCUT2D eigenvalue weighted by Crippen LogP contribution is -2.26. The number of aryl methyl sites for hydroxylation is 3. The van der Waals surface area contributed by atoms with Crippen LogP contribution in [0.3, 0.4) is 0 Å². The summed E-state index contributed by atoms with van der Waals surface area (Å²) < 4.78 is 11.3. The van der Waals surface area contributed by atoms with Gasteiger partial charge in [-0.1, -0.05) is 51.1 Å². The first-order valence-electron chi connectivity index (χ1n) is 14.0. The molecule has 0 spiro atoms. The summed E-state index contributed by atoms with van der Waals surface area (Å²) in [5.74, 6) is 0.727. The Bertz CT molecular complexity index is 1060. The molecular formula is C32H44O4. The molecule has 196 valence electrons. The molecule has 1 unspecified atom stereocenters. The Kier molecular flexibility index (Phi) is 8.14. The van der Waals surface area contributed by atoms with Crippen LogP contribution in [0.4, 0.5) is 0 Å². The molecule has 1 N–H and O–H groups in total. The van der Waals surface area contributed by atoms with Crippen molar-refractivity contribution in [3.63, 3.8) is 0 Å². The zero-order valence-electron chi connectivity index (χ0n) is 22.9. The van der Waals surface area contributed by atoms with Crippen LogP contribution in [0.1, 0.15) is 100.0 Å². The molecular weight excluding hydrogens is 448 g/mol. The Balaban J connectivity index is 1.49. The predicted octanol–water partition coefficient (Wildman–Crippen LogP) is 6.98. The van der Waals surface area contributed by atoms with E-state index in [4.69, 9.17) is 9.47 Å². The van der Waals surface area contributed by atoms with Crippen molar-refractivity contribution in [3.05, 3.63) is 64.2 Å². The first-order valence-corrected chi connectivity index (χ1v) is 14.0. The number of esters is 1. The van der Waals surface area contributed by atoms with Gasteiger partial charge in [0.15, 0.2) is 0 Å². The standard InChI is InChI=1S/C32H44O4/c1-6-31(17-18-31)29(33)15-10-24-9-11-25(19-22(24)4)32(7-2,8-3)26-12-14-28(23(5)20-26)35-21-27-13-16-30(34)36-27/h9,11-12,14,19-20,27,29,33H,6-8,10,13,15-18,21H2,1-5H3/t27-,29?/m1/s1. The number of aliphatic hydroxyl groups is 1. The second-order valence-electron chi connectivity index (χ2n) is 11.1. The largest absolute Gasteiger partial charge is 0.489 e. The van der Waals surface area contributed by atoms with Gasteiger partial charge in [-0.25, -0.2) is 0 Å². The van der Waals surface area contributed by atoms with Gasteiger partial charge in [-0.05, 0) is 105 Å². The van der Waals surface area contributed by atoms with Crippen LogP contribution in [0, 0.1) is 19.3 Å². The normalized spacial score (nSPS) is 19.7. The van der Waals surface area contributed by atoms with Crippen molar-refractivity contribution >= 4 is 5.97 Å². The fourth-order valence-corrected chi connectivity index (χ4v) is 6.18. The predicted molar refractivity (Wildman–Crippen MR) is 145 cm³/mol. The fraction of sp³-hybridized carbons (Fsp3) is 0.594. The monoisotopic (exact) mass is 492 g/mol. The van der Waals surface area contributed by atoms with Crippen molar-refractivity contribution in [1.82, 2.24) is 0 Å². The number of carbonyl (C=O) groups is 1. The first-order chi connectivity index (χ1) is 17.3. The van der Waals surface area contributed by atoms with Gasteiger partial charge in [0.25, 0.3) is 0 Å². The van der Waals surface area contributed by atoms with Crippen LogP contribution in [-0.4, -0.2) is 29.9 Å². The van der Waals surface area contributed by atoms with E-state index in [0.717, 1.165) is 49.8 Å². The molecule has 4 rings (SSSR count). The van der Waals surface area contributed by atoms with E-state index in [1.54, 1.807) is 0 Å². The summed E-state index contributed by atoms with van der Waals surface area (Å²) in [5, 5.41) is 10.7. The average molecular weight is 493 g/mol. The summed E-state index contributed by atoms with van der Waals surface area (Å²) in [6, 6.07) is 13.5. The van der Waals surface area contributed by atoms with Gasteiger partial charge in [-0.15, -0.1) is 0 Å². The topological polar surface area (TPSA) is 55.8 Å². The number of hydrogen-bond donors (Lipinski definition) is 1. The lowest BCUT2D eigenvalue weighted by Gasteiger charge is -2.34. The molecule has 1 aliphatic heterocycles. The minimum absolute atomic E-state index is 0.0621. The third-order valence-corrected chi connectivity index (χ3v) is 9.21. The highest BCUT2D eigenvalue weighted by Gasteiger charge is 2.46. The second kappa shape index (κ2) is 11.0. The molecule has 1 heterocycles. The molecule has 4 heteroatoms. The lowest BCUT2D eigenvalue weighted by molar-refractivity contribution is -0.142. The Morgan fingerprint density at radius 1 is 1.06 bits per heavy atom. The molecule has 2 fully saturated rings. The highest BCUT2D eigenvalue weighted by Crippen LogP contribution is 2.52. The Morgan fingerprint density at radius 3 is 2.25 bits per heavy atom. The first kappa shape index (κ1) is 26.7. The van der Waals surface area contributed by atoms with Gasteiger partial charge in [0.05, 0.1) is 6.10 Å². The zero-order chi connectivity index (χ0) is 25.9. The smallest absolute Gasteiger partial charge is 0.306 e. The molecule has 0 radical (unpaired) electrons. The quantitative estimate of drug-likeness (QED) is 0.325. The molecule has 2 aliphatic rings. The van der Waals surface area contributed by atoms with E-state index < -0.39 is 0 Å². The van der Waals surface area contributed by atoms with Gasteiger partial charge >= 0.3 is 5.97 Å². The Morgan fingerprint density at radius 2 is 1.72 bits per heavy atom. The van der Waals surface area contributed by atoms with Crippen molar-refractivity contribution < 1.29 is 19.4 Å². The average Bonchev–Trinajstić information content (AvgIpc) is 3.58. The lowest BCUT2D eigenvalue weighted by atomic mass is 9.69. The summed E-state index contributed by atoms with van der Waals surface area (Å²) in [6.07, 6.45) is 8.14. The van der Waals surface area contributed by atoms with E-state index in [9.17, 15) is 9.90 Å². The van der Waals surface area contributed by atoms with Gasteiger partial charge in [-0.2, -0.15) is 0 Å². The van der Waals surface area contributed by atoms with Crippen LogP contribution >= 0.6 is 0 Å². The SMILES string of the molecule is CCC(CC)(c1ccc(CCC(O)C2(CC)CC2)c(C)c1)c1ccc(OC[C@H]2CCC(=O)O2)c(C)c1. The third-order valence-electron chi connectivity index (χ3n) is 9.21. The number of ether oxygens (including phenoxy) is 2. The van der Waals surface area contributed by atoms with E-state index in [0.29, 0.717) is 13.0 Å². The summed E-state index contributed by atoms with van der Waals surface area (Å²) >= 11 is 0. The van der Waals surface area contributed by atoms with Gasteiger partial charge in [0, 0.05) is 11.8 Å². The van der Waals surface area contributed by atoms with Crippen LogP contribution < -0.4 is 4.74 Å². The minimum atomic E-state index is -0.184. The molecule has 2 aromatic rings. The maximum absolute atomic E-state index is 11.4. The number of rotatable bonds is 12. The van der Waals surface area contributed by atoms with Gasteiger partial charge in [-0.3, -0.25) is 4.79 Å². The summed E-state index contributed by atoms with van der Waals surface area (Å²) in [4.78, 5) is 11.4. The molecule has 2 atom stereocenters. The van der Waals surface area contributed by atoms with Crippen molar-refractivity contribution in [2.45, 2.75) is 110 Å². The van der Waals surface area contributed by atoms with Crippen molar-refractivity contribution in [2.24, 2.45) is 5.41 Å². The van der Waals surface area contributed by atoms with Gasteiger partial charge in [0.2, 0.25) is 0 Å². The van der Waals surface area contributed by atoms with E-state index in [2.05, 4.69) is 71.0 Å². The number of carbonyl (C=O) groups excluding carboxylic acids is 1. The van der Waals surface area contributed by atoms with Crippen molar-refractivity contribution in [2.75, 3.05) is 6.61 Å². The van der Waals surface area contributed by atoms with Crippen LogP contribution in [0.5, 0.6) is 5.75 Å². The van der Waals surface area contributed by atoms with E-state index >= 15 is 0 Å². The molecule has 2 aromatic carbocycles. The molecule has 1 saturated carbocycles. The minimum Gasteiger partial charge on any atom is -0.489 e. The van der Waals surface area contributed by atoms with Crippen LogP contribution in [0.2, 0.25) is 0 Å². The highest BCUT2D eigenvalue weighted by molar-refractivity contribution is 5.71. The Labute approximate surface area is 217 Å². The molecule has 1 aliphatic carbocycles. The van der Waals surface area contributed by atoms with E-state index in [1.807, 2.05) is 0 Å². The maximum atomic E-state index is 11.4.